The summed E-state index contributed by atoms with van der Waals surface area (Å²) in [6, 6.07) is 16.6. The third-order valence-corrected chi connectivity index (χ3v) is 7.30. The quantitative estimate of drug-likeness (QED) is 0.309. The Hall–Kier alpha value is -2.91. The molecule has 0 N–H and O–H groups in total. The lowest BCUT2D eigenvalue weighted by Gasteiger charge is -2.14. The van der Waals surface area contributed by atoms with Crippen molar-refractivity contribution in [1.29, 1.82) is 0 Å². The highest BCUT2D eigenvalue weighted by Gasteiger charge is 2.35. The monoisotopic (exact) mass is 490 g/mol. The first-order valence-electron chi connectivity index (χ1n) is 10.1. The number of thiophene rings is 1. The van der Waals surface area contributed by atoms with Gasteiger partial charge in [-0.15, -0.1) is 11.3 Å². The highest BCUT2D eigenvalue weighted by molar-refractivity contribution is 7.90. The van der Waals surface area contributed by atoms with E-state index in [2.05, 4.69) is 5.10 Å². The number of alkyl halides is 3. The summed E-state index contributed by atoms with van der Waals surface area (Å²) in [7, 11) is -3.38. The van der Waals surface area contributed by atoms with E-state index in [1.165, 1.54) is 22.1 Å². The van der Waals surface area contributed by atoms with Crippen LogP contribution in [-0.4, -0.2) is 24.5 Å². The SMILES string of the molecule is CC(C)c1ccccc1-n1nc(C(F)(F)F)cc1-c1cc(-c2cccc(S(C)(=O)=O)c2)cs1. The highest BCUT2D eigenvalue weighted by atomic mass is 32.2. The summed E-state index contributed by atoms with van der Waals surface area (Å²) < 4.78 is 65.9. The lowest BCUT2D eigenvalue weighted by molar-refractivity contribution is -0.141. The lowest BCUT2D eigenvalue weighted by Crippen LogP contribution is -2.08. The van der Waals surface area contributed by atoms with Crippen LogP contribution >= 0.6 is 11.3 Å². The van der Waals surface area contributed by atoms with Gasteiger partial charge < -0.3 is 0 Å². The van der Waals surface area contributed by atoms with Crippen LogP contribution in [0.4, 0.5) is 13.2 Å². The molecule has 0 spiro atoms. The fourth-order valence-electron chi connectivity index (χ4n) is 3.58. The summed E-state index contributed by atoms with van der Waals surface area (Å²) in [5, 5.41) is 5.72. The van der Waals surface area contributed by atoms with E-state index in [0.717, 1.165) is 23.4 Å². The number of halogens is 3. The Morgan fingerprint density at radius 3 is 2.36 bits per heavy atom. The van der Waals surface area contributed by atoms with Crippen LogP contribution in [0.2, 0.25) is 0 Å². The number of rotatable bonds is 5. The molecule has 2 aromatic heterocycles. The highest BCUT2D eigenvalue weighted by Crippen LogP contribution is 2.39. The summed E-state index contributed by atoms with van der Waals surface area (Å²) in [4.78, 5) is 0.777. The van der Waals surface area contributed by atoms with Crippen molar-refractivity contribution in [2.45, 2.75) is 30.8 Å². The predicted molar refractivity (Wildman–Crippen MR) is 125 cm³/mol. The largest absolute Gasteiger partial charge is 0.435 e. The van der Waals surface area contributed by atoms with Gasteiger partial charge in [0.25, 0.3) is 0 Å². The molecule has 0 saturated heterocycles. The third kappa shape index (κ3) is 4.74. The zero-order chi connectivity index (χ0) is 24.0. The van der Waals surface area contributed by atoms with Crippen molar-refractivity contribution >= 4 is 21.2 Å². The molecule has 172 valence electrons. The first kappa shape index (κ1) is 23.3. The molecule has 4 rings (SSSR count). The fraction of sp³-hybridized carbons (Fsp3) is 0.208. The topological polar surface area (TPSA) is 52.0 Å². The van der Waals surface area contributed by atoms with Gasteiger partial charge in [0, 0.05) is 6.26 Å². The van der Waals surface area contributed by atoms with Crippen LogP contribution in [0.5, 0.6) is 0 Å². The minimum absolute atomic E-state index is 0.0882. The van der Waals surface area contributed by atoms with E-state index in [-0.39, 0.29) is 10.8 Å². The van der Waals surface area contributed by atoms with E-state index in [1.54, 1.807) is 41.8 Å². The van der Waals surface area contributed by atoms with Crippen molar-refractivity contribution in [2.75, 3.05) is 6.26 Å². The standard InChI is InChI=1S/C24H21F3N2O2S2/c1-15(2)19-9-4-5-10-20(19)29-21(13-23(28-29)24(25,26)27)22-12-17(14-32-22)16-7-6-8-18(11-16)33(3,30)31/h4-15H,1-3H3. The van der Waals surface area contributed by atoms with Gasteiger partial charge in [0.2, 0.25) is 0 Å². The van der Waals surface area contributed by atoms with Gasteiger partial charge in [-0.3, -0.25) is 0 Å². The summed E-state index contributed by atoms with van der Waals surface area (Å²) in [6.45, 7) is 3.95. The van der Waals surface area contributed by atoms with Gasteiger partial charge in [0.15, 0.2) is 15.5 Å². The van der Waals surface area contributed by atoms with Gasteiger partial charge in [0.1, 0.15) is 0 Å². The number of hydrogen-bond donors (Lipinski definition) is 0. The molecule has 0 radical (unpaired) electrons. The van der Waals surface area contributed by atoms with E-state index >= 15 is 0 Å². The molecule has 4 nitrogen and oxygen atoms in total. The Bertz CT molecular complexity index is 1420. The van der Waals surface area contributed by atoms with Crippen LogP contribution in [-0.2, 0) is 16.0 Å². The van der Waals surface area contributed by atoms with Gasteiger partial charge in [-0.25, -0.2) is 13.1 Å². The molecule has 9 heteroatoms. The molecule has 0 aliphatic heterocycles. The zero-order valence-corrected chi connectivity index (χ0v) is 19.7. The van der Waals surface area contributed by atoms with E-state index in [0.29, 0.717) is 21.8 Å². The molecule has 0 unspecified atom stereocenters. The summed E-state index contributed by atoms with van der Waals surface area (Å²) in [5.41, 5.74) is 2.22. The molecule has 0 saturated carbocycles. The number of aromatic nitrogens is 2. The minimum atomic E-state index is -4.59. The molecule has 4 aromatic rings. The molecule has 0 atom stereocenters. The predicted octanol–water partition coefficient (Wildman–Crippen LogP) is 6.81. The first-order valence-corrected chi connectivity index (χ1v) is 12.9. The van der Waals surface area contributed by atoms with Crippen LogP contribution in [0.1, 0.15) is 31.0 Å². The van der Waals surface area contributed by atoms with Crippen molar-refractivity contribution in [3.63, 3.8) is 0 Å². The first-order chi connectivity index (χ1) is 15.4. The van der Waals surface area contributed by atoms with Crippen LogP contribution in [0.15, 0.2) is 70.9 Å². The Labute approximate surface area is 194 Å². The Kier molecular flexibility index (Phi) is 5.96. The van der Waals surface area contributed by atoms with E-state index < -0.39 is 21.7 Å². The Balaban J connectivity index is 1.86. The Morgan fingerprint density at radius 1 is 0.970 bits per heavy atom. The zero-order valence-electron chi connectivity index (χ0n) is 18.1. The number of benzene rings is 2. The maximum atomic E-state index is 13.6. The van der Waals surface area contributed by atoms with Crippen molar-refractivity contribution in [3.8, 4) is 27.4 Å². The smallest absolute Gasteiger partial charge is 0.231 e. The van der Waals surface area contributed by atoms with Crippen molar-refractivity contribution in [1.82, 2.24) is 9.78 Å². The molecular formula is C24H21F3N2O2S2. The number of hydrogen-bond acceptors (Lipinski definition) is 4. The van der Waals surface area contributed by atoms with Crippen molar-refractivity contribution in [3.05, 3.63) is 77.3 Å². The maximum absolute atomic E-state index is 13.6. The second-order valence-corrected chi connectivity index (χ2v) is 11.0. The van der Waals surface area contributed by atoms with Crippen LogP contribution in [0, 0.1) is 0 Å². The van der Waals surface area contributed by atoms with Crippen LogP contribution in [0.3, 0.4) is 0 Å². The van der Waals surface area contributed by atoms with Crippen molar-refractivity contribution < 1.29 is 21.6 Å². The van der Waals surface area contributed by atoms with Gasteiger partial charge in [-0.05, 0) is 58.3 Å². The normalized spacial score (nSPS) is 12.5. The number of para-hydroxylation sites is 1. The van der Waals surface area contributed by atoms with Gasteiger partial charge >= 0.3 is 6.18 Å². The number of nitrogens with zero attached hydrogens (tertiary/aromatic N) is 2. The second-order valence-electron chi connectivity index (χ2n) is 8.04. The molecule has 0 aliphatic rings. The van der Waals surface area contributed by atoms with E-state index in [1.807, 2.05) is 26.0 Å². The molecule has 2 heterocycles. The molecule has 33 heavy (non-hydrogen) atoms. The van der Waals surface area contributed by atoms with Gasteiger partial charge in [-0.2, -0.15) is 18.3 Å². The lowest BCUT2D eigenvalue weighted by atomic mass is 10.0. The maximum Gasteiger partial charge on any atom is 0.435 e. The third-order valence-electron chi connectivity index (χ3n) is 5.23. The Morgan fingerprint density at radius 2 is 1.70 bits per heavy atom. The van der Waals surface area contributed by atoms with E-state index in [9.17, 15) is 21.6 Å². The van der Waals surface area contributed by atoms with E-state index in [4.69, 9.17) is 0 Å². The van der Waals surface area contributed by atoms with Gasteiger partial charge in [0.05, 0.1) is 21.2 Å². The molecule has 2 aromatic carbocycles. The van der Waals surface area contributed by atoms with Gasteiger partial charge in [-0.1, -0.05) is 44.2 Å². The minimum Gasteiger partial charge on any atom is -0.231 e. The van der Waals surface area contributed by atoms with Crippen LogP contribution in [0.25, 0.3) is 27.4 Å². The number of sulfone groups is 1. The summed E-state index contributed by atoms with van der Waals surface area (Å²) in [6.07, 6.45) is -3.45. The average Bonchev–Trinajstić information content (AvgIpc) is 3.40. The molecule has 0 bridgehead atoms. The second kappa shape index (κ2) is 8.46. The van der Waals surface area contributed by atoms with Crippen LogP contribution < -0.4 is 0 Å². The fourth-order valence-corrected chi connectivity index (χ4v) is 5.16. The average molecular weight is 491 g/mol. The molecular weight excluding hydrogens is 469 g/mol. The molecule has 0 amide bonds. The molecule has 0 fully saturated rings. The summed E-state index contributed by atoms with van der Waals surface area (Å²) >= 11 is 1.28. The van der Waals surface area contributed by atoms with Crippen molar-refractivity contribution in [2.24, 2.45) is 0 Å². The summed E-state index contributed by atoms with van der Waals surface area (Å²) in [5.74, 6) is 0.0882. The molecule has 0 aliphatic carbocycles.